The van der Waals surface area contributed by atoms with Gasteiger partial charge in [-0.15, -0.1) is 0 Å². The van der Waals surface area contributed by atoms with E-state index in [-0.39, 0.29) is 0 Å². The maximum Gasteiger partial charge on any atom is 0.0719 e. The summed E-state index contributed by atoms with van der Waals surface area (Å²) in [6.45, 7) is 0. The Morgan fingerprint density at radius 1 is 0.208 bits per heavy atom. The molecule has 6 fully saturated rings. The lowest BCUT2D eigenvalue weighted by atomic mass is 9.82. The van der Waals surface area contributed by atoms with Gasteiger partial charge in [0.2, 0.25) is 0 Å². The van der Waals surface area contributed by atoms with Gasteiger partial charge < -0.3 is 0 Å². The summed E-state index contributed by atoms with van der Waals surface area (Å²) >= 11 is 0. The third-order valence-corrected chi connectivity index (χ3v) is 13.5. The summed E-state index contributed by atoms with van der Waals surface area (Å²) in [5.41, 5.74) is 0. The molecule has 264 valence electrons. The smallest absolute Gasteiger partial charge is 0.0719 e. The van der Waals surface area contributed by atoms with Gasteiger partial charge in [0.05, 0.1) is 36.3 Å². The van der Waals surface area contributed by atoms with E-state index in [9.17, 15) is 0 Å². The van der Waals surface area contributed by atoms with Gasteiger partial charge in [-0.2, -0.15) is 0 Å². The highest BCUT2D eigenvalue weighted by Crippen LogP contribution is 2.33. The second kappa shape index (κ2) is 17.8. The summed E-state index contributed by atoms with van der Waals surface area (Å²) in [6.07, 6.45) is 44.4. The first-order chi connectivity index (χ1) is 23.7. The van der Waals surface area contributed by atoms with Crippen molar-refractivity contribution in [2.45, 2.75) is 190 Å². The quantitative estimate of drug-likeness (QED) is 0.249. The molecule has 6 heteroatoms. The molecule has 0 radical (unpaired) electrons. The molecule has 48 heavy (non-hydrogen) atoms. The van der Waals surface area contributed by atoms with Crippen molar-refractivity contribution in [3.8, 4) is 0 Å². The normalized spacial score (nSPS) is 43.0. The van der Waals surface area contributed by atoms with Crippen LogP contribution in [0.1, 0.15) is 154 Å². The molecule has 0 aromatic carbocycles. The molecule has 10 aliphatic rings. The Labute approximate surface area is 292 Å². The first kappa shape index (κ1) is 34.5. The molecule has 6 nitrogen and oxygen atoms in total. The monoisotopic (exact) mass is 655 g/mol. The molecule has 10 rings (SSSR count). The lowest BCUT2D eigenvalue weighted by molar-refractivity contribution is 0.364. The fraction of sp³-hybridized carbons (Fsp3) is 0.857. The Morgan fingerprint density at radius 2 is 0.354 bits per heavy atom. The zero-order valence-corrected chi connectivity index (χ0v) is 30.0. The maximum atomic E-state index is 5.25. The van der Waals surface area contributed by atoms with E-state index in [1.807, 2.05) is 0 Å². The van der Waals surface area contributed by atoms with E-state index in [1.54, 1.807) is 0 Å². The lowest BCUT2D eigenvalue weighted by Gasteiger charge is -2.30. The predicted molar refractivity (Wildman–Crippen MR) is 205 cm³/mol. The van der Waals surface area contributed by atoms with Crippen LogP contribution in [0, 0.1) is 35.5 Å². The average Bonchev–Trinajstić information content (AvgIpc) is 3.15. The van der Waals surface area contributed by atoms with Crippen molar-refractivity contribution in [2.75, 3.05) is 0 Å². The van der Waals surface area contributed by atoms with E-state index in [2.05, 4.69) is 37.3 Å². The topological polar surface area (TPSA) is 74.2 Å². The van der Waals surface area contributed by atoms with E-state index in [0.29, 0.717) is 71.8 Å². The van der Waals surface area contributed by atoms with Crippen LogP contribution in [-0.4, -0.2) is 73.5 Å². The molecule has 4 heterocycles. The van der Waals surface area contributed by atoms with Crippen LogP contribution >= 0.6 is 0 Å². The number of hydrogen-bond donors (Lipinski definition) is 0. The SMILES string of the molecule is C1=N[C@@H]2CCCC[C@H]2N=CC2CCC(C=N[C@@H]3CCCC[C@H]3N=CC3CCC(C=N[C@@H]4CCCC[C@H]4N=CC4CCC1CC4)CC3)CC2. The highest BCUT2D eigenvalue weighted by atomic mass is 14.9. The van der Waals surface area contributed by atoms with Gasteiger partial charge in [-0.3, -0.25) is 30.0 Å². The molecule has 0 aromatic rings. The minimum absolute atomic E-state index is 0.392. The first-order valence-electron chi connectivity index (χ1n) is 20.9. The Hall–Kier alpha value is -1.98. The molecular weight excluding hydrogens is 589 g/mol. The van der Waals surface area contributed by atoms with Crippen molar-refractivity contribution in [1.82, 2.24) is 0 Å². The molecule has 0 spiro atoms. The third-order valence-electron chi connectivity index (χ3n) is 13.5. The fourth-order valence-corrected chi connectivity index (χ4v) is 10.0. The van der Waals surface area contributed by atoms with Gasteiger partial charge >= 0.3 is 0 Å². The largest absolute Gasteiger partial charge is 0.292 e. The number of rotatable bonds is 0. The molecule has 6 atom stereocenters. The summed E-state index contributed by atoms with van der Waals surface area (Å²) in [7, 11) is 0. The highest BCUT2D eigenvalue weighted by Gasteiger charge is 2.29. The van der Waals surface area contributed by atoms with Gasteiger partial charge in [0.1, 0.15) is 0 Å². The predicted octanol–water partition coefficient (Wildman–Crippen LogP) is 9.78. The van der Waals surface area contributed by atoms with Gasteiger partial charge in [-0.1, -0.05) is 38.5 Å². The van der Waals surface area contributed by atoms with E-state index in [0.717, 1.165) is 0 Å². The first-order valence-corrected chi connectivity index (χ1v) is 20.9. The van der Waals surface area contributed by atoms with Crippen molar-refractivity contribution < 1.29 is 0 Å². The van der Waals surface area contributed by atoms with Gasteiger partial charge in [-0.25, -0.2) is 0 Å². The van der Waals surface area contributed by atoms with Gasteiger partial charge in [0.25, 0.3) is 0 Å². The molecule has 6 aliphatic carbocycles. The minimum Gasteiger partial charge on any atom is -0.292 e. The second-order valence-corrected chi connectivity index (χ2v) is 17.1. The van der Waals surface area contributed by atoms with Gasteiger partial charge in [-0.05, 0) is 151 Å². The van der Waals surface area contributed by atoms with Crippen LogP contribution < -0.4 is 0 Å². The Kier molecular flexibility index (Phi) is 12.8. The number of fused-ring (bicyclic) bond motifs is 3. The van der Waals surface area contributed by atoms with Crippen molar-refractivity contribution >= 4 is 37.3 Å². The van der Waals surface area contributed by atoms with Crippen LogP contribution in [-0.2, 0) is 0 Å². The molecule has 0 amide bonds. The Balaban J connectivity index is 1.03. The van der Waals surface area contributed by atoms with E-state index >= 15 is 0 Å². The molecule has 6 saturated carbocycles. The van der Waals surface area contributed by atoms with Crippen molar-refractivity contribution in [3.05, 3.63) is 0 Å². The zero-order chi connectivity index (χ0) is 32.4. The van der Waals surface area contributed by atoms with Crippen molar-refractivity contribution in [1.29, 1.82) is 0 Å². The van der Waals surface area contributed by atoms with Crippen molar-refractivity contribution in [3.63, 3.8) is 0 Å². The summed E-state index contributed by atoms with van der Waals surface area (Å²) in [5.74, 6) is 3.81. The summed E-state index contributed by atoms with van der Waals surface area (Å²) < 4.78 is 0. The van der Waals surface area contributed by atoms with E-state index < -0.39 is 0 Å². The van der Waals surface area contributed by atoms with Crippen LogP contribution in [0.5, 0.6) is 0 Å². The van der Waals surface area contributed by atoms with Crippen molar-refractivity contribution in [2.24, 2.45) is 65.5 Å². The van der Waals surface area contributed by atoms with E-state index in [4.69, 9.17) is 30.0 Å². The van der Waals surface area contributed by atoms with Crippen LogP contribution in [0.2, 0.25) is 0 Å². The molecule has 0 aromatic heterocycles. The van der Waals surface area contributed by atoms with E-state index in [1.165, 1.54) is 154 Å². The summed E-state index contributed by atoms with van der Waals surface area (Å²) in [6, 6.07) is 2.35. The Morgan fingerprint density at radius 3 is 0.500 bits per heavy atom. The lowest BCUT2D eigenvalue weighted by Crippen LogP contribution is -2.29. The Bertz CT molecular complexity index is 914. The minimum atomic E-state index is 0.392. The molecule has 4 aliphatic heterocycles. The molecule has 0 saturated heterocycles. The second-order valence-electron chi connectivity index (χ2n) is 17.1. The van der Waals surface area contributed by atoms with Crippen LogP contribution in [0.4, 0.5) is 0 Å². The summed E-state index contributed by atoms with van der Waals surface area (Å²) in [5, 5.41) is 0. The molecule has 6 bridgehead atoms. The van der Waals surface area contributed by atoms with Crippen LogP contribution in [0.15, 0.2) is 30.0 Å². The number of hydrogen-bond acceptors (Lipinski definition) is 6. The average molecular weight is 655 g/mol. The zero-order valence-electron chi connectivity index (χ0n) is 30.0. The van der Waals surface area contributed by atoms with Crippen LogP contribution in [0.3, 0.4) is 0 Å². The molecule has 0 N–H and O–H groups in total. The maximum absolute atomic E-state index is 5.25. The van der Waals surface area contributed by atoms with Gasteiger partial charge in [0, 0.05) is 37.3 Å². The molecular formula is C42H66N6. The summed E-state index contributed by atoms with van der Waals surface area (Å²) in [4.78, 5) is 31.5. The van der Waals surface area contributed by atoms with Crippen LogP contribution in [0.25, 0.3) is 0 Å². The molecule has 0 unspecified atom stereocenters. The van der Waals surface area contributed by atoms with Gasteiger partial charge in [0.15, 0.2) is 0 Å². The highest BCUT2D eigenvalue weighted by molar-refractivity contribution is 5.66. The third kappa shape index (κ3) is 9.83. The number of aliphatic imine (C=N–C) groups is 6. The fourth-order valence-electron chi connectivity index (χ4n) is 10.0. The standard InChI is InChI=1S/C42H66N6/c1-2-8-38-37(7-1)43-25-31-13-15-33(16-14-31)27-45-39-9-3-4-10-40(39)47-29-35-21-23-36(24-22-35)30-48-42-12-6-5-11-41(42)46-28-34-19-17-32(18-20-34)26-44-38/h25-42H,1-24H2/t31?,32?,33?,34?,35?,36?,37-,38-,39-,40-,41-,42-/m1/s1. The number of nitrogens with zero attached hydrogens (tertiary/aromatic N) is 6.